The van der Waals surface area contributed by atoms with E-state index in [9.17, 15) is 13.2 Å². The summed E-state index contributed by atoms with van der Waals surface area (Å²) in [5.41, 5.74) is 4.34. The number of benzene rings is 2. The number of anilines is 2. The number of nitrogens with one attached hydrogen (secondary N) is 1. The molecule has 1 aliphatic rings. The van der Waals surface area contributed by atoms with Crippen LogP contribution in [-0.4, -0.2) is 46.8 Å². The Morgan fingerprint density at radius 2 is 1.93 bits per heavy atom. The van der Waals surface area contributed by atoms with Gasteiger partial charge in [0.1, 0.15) is 6.33 Å². The molecule has 1 atom stereocenters. The van der Waals surface area contributed by atoms with Crippen molar-refractivity contribution in [1.82, 2.24) is 20.2 Å². The molecule has 2 heterocycles. The Bertz CT molecular complexity index is 1190. The van der Waals surface area contributed by atoms with Crippen molar-refractivity contribution < 1.29 is 13.2 Å². The molecule has 0 bridgehead atoms. The van der Waals surface area contributed by atoms with Crippen LogP contribution in [0.15, 0.2) is 42.7 Å². The van der Waals surface area contributed by atoms with Crippen LogP contribution in [0.1, 0.15) is 28.4 Å². The zero-order valence-corrected chi connectivity index (χ0v) is 17.0. The van der Waals surface area contributed by atoms with Gasteiger partial charge in [-0.1, -0.05) is 0 Å². The summed E-state index contributed by atoms with van der Waals surface area (Å²) < 4.78 is 27.0. The number of sulfonamides is 1. The van der Waals surface area contributed by atoms with Gasteiger partial charge >= 0.3 is 0 Å². The SMILES string of the molecule is Cc1cc(NC(=O)c2ccc3c(c2)CC(C)N3S(C)(=O)=O)ccc1-n1cnnn1. The number of aryl methyl sites for hydroxylation is 1. The fourth-order valence-electron chi connectivity index (χ4n) is 3.71. The molecule has 3 aromatic rings. The van der Waals surface area contributed by atoms with Crippen LogP contribution >= 0.6 is 0 Å². The van der Waals surface area contributed by atoms with Gasteiger partial charge in [-0.25, -0.2) is 13.1 Å². The Morgan fingerprint density at radius 3 is 2.59 bits per heavy atom. The Kier molecular flexibility index (Phi) is 4.58. The third-order valence-electron chi connectivity index (χ3n) is 4.90. The average Bonchev–Trinajstić information content (AvgIpc) is 3.27. The molecule has 0 aliphatic carbocycles. The second kappa shape index (κ2) is 6.96. The molecule has 10 heteroatoms. The van der Waals surface area contributed by atoms with Crippen molar-refractivity contribution in [3.8, 4) is 5.69 Å². The number of aromatic nitrogens is 4. The van der Waals surface area contributed by atoms with Gasteiger partial charge in [0.05, 0.1) is 17.6 Å². The largest absolute Gasteiger partial charge is 0.322 e. The summed E-state index contributed by atoms with van der Waals surface area (Å²) in [5, 5.41) is 14.0. The standard InChI is InChI=1S/C19H20N6O3S/c1-12-8-16(5-7-17(12)24-11-20-22-23-24)21-19(26)14-4-6-18-15(10-14)9-13(2)25(18)29(3,27)28/h4-8,10-11,13H,9H2,1-3H3,(H,21,26). The lowest BCUT2D eigenvalue weighted by Crippen LogP contribution is -2.34. The minimum atomic E-state index is -3.36. The molecule has 1 amide bonds. The number of nitrogens with zero attached hydrogens (tertiary/aromatic N) is 5. The van der Waals surface area contributed by atoms with E-state index in [1.807, 2.05) is 26.0 Å². The summed E-state index contributed by atoms with van der Waals surface area (Å²) in [4.78, 5) is 12.7. The maximum Gasteiger partial charge on any atom is 0.255 e. The zero-order valence-electron chi connectivity index (χ0n) is 16.2. The van der Waals surface area contributed by atoms with Gasteiger partial charge < -0.3 is 5.32 Å². The van der Waals surface area contributed by atoms with Crippen LogP contribution in [0.3, 0.4) is 0 Å². The lowest BCUT2D eigenvalue weighted by atomic mass is 10.1. The van der Waals surface area contributed by atoms with Crippen LogP contribution in [-0.2, 0) is 16.4 Å². The van der Waals surface area contributed by atoms with Crippen LogP contribution in [0.25, 0.3) is 5.69 Å². The first-order chi connectivity index (χ1) is 13.7. The highest BCUT2D eigenvalue weighted by atomic mass is 32.2. The van der Waals surface area contributed by atoms with E-state index >= 15 is 0 Å². The summed E-state index contributed by atoms with van der Waals surface area (Å²) in [6, 6.07) is 10.4. The highest BCUT2D eigenvalue weighted by Gasteiger charge is 2.32. The maximum absolute atomic E-state index is 12.7. The Morgan fingerprint density at radius 1 is 1.17 bits per heavy atom. The lowest BCUT2D eigenvalue weighted by molar-refractivity contribution is 0.102. The normalized spacial score (nSPS) is 16.0. The smallest absolute Gasteiger partial charge is 0.255 e. The molecule has 0 spiro atoms. The van der Waals surface area contributed by atoms with Crippen molar-refractivity contribution in [2.75, 3.05) is 15.9 Å². The molecule has 1 aromatic heterocycles. The molecule has 2 aromatic carbocycles. The number of carbonyl (C=O) groups is 1. The number of amides is 1. The fourth-order valence-corrected chi connectivity index (χ4v) is 4.98. The van der Waals surface area contributed by atoms with Crippen LogP contribution < -0.4 is 9.62 Å². The van der Waals surface area contributed by atoms with Crippen LogP contribution in [0.2, 0.25) is 0 Å². The summed E-state index contributed by atoms with van der Waals surface area (Å²) >= 11 is 0. The number of fused-ring (bicyclic) bond motifs is 1. The molecule has 0 saturated carbocycles. The third-order valence-corrected chi connectivity index (χ3v) is 6.17. The molecule has 0 fully saturated rings. The Labute approximate surface area is 168 Å². The molecular weight excluding hydrogens is 392 g/mol. The Hall–Kier alpha value is -3.27. The van der Waals surface area contributed by atoms with E-state index in [2.05, 4.69) is 20.8 Å². The van der Waals surface area contributed by atoms with Crippen molar-refractivity contribution in [2.24, 2.45) is 0 Å². The average molecular weight is 412 g/mol. The van der Waals surface area contributed by atoms with Crippen molar-refractivity contribution in [3.05, 3.63) is 59.4 Å². The summed E-state index contributed by atoms with van der Waals surface area (Å²) in [5.74, 6) is -0.257. The first kappa shape index (κ1) is 19.1. The monoisotopic (exact) mass is 412 g/mol. The van der Waals surface area contributed by atoms with Crippen molar-refractivity contribution >= 4 is 27.3 Å². The van der Waals surface area contributed by atoms with Gasteiger partial charge in [0.2, 0.25) is 10.0 Å². The highest BCUT2D eigenvalue weighted by molar-refractivity contribution is 7.92. The van der Waals surface area contributed by atoms with E-state index < -0.39 is 10.0 Å². The molecule has 29 heavy (non-hydrogen) atoms. The predicted molar refractivity (Wildman–Crippen MR) is 109 cm³/mol. The van der Waals surface area contributed by atoms with Crippen molar-refractivity contribution in [3.63, 3.8) is 0 Å². The zero-order chi connectivity index (χ0) is 20.8. The topological polar surface area (TPSA) is 110 Å². The minimum Gasteiger partial charge on any atom is -0.322 e. The summed E-state index contributed by atoms with van der Waals surface area (Å²) in [7, 11) is -3.36. The lowest BCUT2D eigenvalue weighted by Gasteiger charge is -2.21. The van der Waals surface area contributed by atoms with E-state index in [1.165, 1.54) is 16.9 Å². The number of tetrazole rings is 1. The molecule has 150 valence electrons. The molecule has 1 aliphatic heterocycles. The summed E-state index contributed by atoms with van der Waals surface area (Å²) in [6.45, 7) is 3.76. The van der Waals surface area contributed by atoms with E-state index in [0.717, 1.165) is 16.8 Å². The number of rotatable bonds is 4. The molecule has 1 N–H and O–H groups in total. The van der Waals surface area contributed by atoms with Crippen LogP contribution in [0, 0.1) is 6.92 Å². The van der Waals surface area contributed by atoms with Gasteiger partial charge in [0.15, 0.2) is 0 Å². The highest BCUT2D eigenvalue weighted by Crippen LogP contribution is 2.34. The Balaban J connectivity index is 1.56. The van der Waals surface area contributed by atoms with E-state index in [-0.39, 0.29) is 11.9 Å². The summed E-state index contributed by atoms with van der Waals surface area (Å²) in [6.07, 6.45) is 3.27. The van der Waals surface area contributed by atoms with Gasteiger partial charge in [0, 0.05) is 17.3 Å². The van der Waals surface area contributed by atoms with Crippen molar-refractivity contribution in [2.45, 2.75) is 26.3 Å². The van der Waals surface area contributed by atoms with E-state index in [1.54, 1.807) is 28.9 Å². The van der Waals surface area contributed by atoms with Crippen molar-refractivity contribution in [1.29, 1.82) is 0 Å². The van der Waals surface area contributed by atoms with Crippen LogP contribution in [0.5, 0.6) is 0 Å². The molecular formula is C19H20N6O3S. The van der Waals surface area contributed by atoms with Gasteiger partial charge in [-0.15, -0.1) is 5.10 Å². The van der Waals surface area contributed by atoms with Gasteiger partial charge in [0.25, 0.3) is 5.91 Å². The number of hydrogen-bond donors (Lipinski definition) is 1. The molecule has 1 unspecified atom stereocenters. The maximum atomic E-state index is 12.7. The first-order valence-electron chi connectivity index (χ1n) is 9.02. The number of carbonyl (C=O) groups excluding carboxylic acids is 1. The molecule has 0 saturated heterocycles. The second-order valence-corrected chi connectivity index (χ2v) is 9.02. The van der Waals surface area contributed by atoms with E-state index in [0.29, 0.717) is 23.4 Å². The molecule has 4 rings (SSSR count). The molecule has 0 radical (unpaired) electrons. The fraction of sp³-hybridized carbons (Fsp3) is 0.263. The van der Waals surface area contributed by atoms with E-state index in [4.69, 9.17) is 0 Å². The van der Waals surface area contributed by atoms with Crippen LogP contribution in [0.4, 0.5) is 11.4 Å². The quantitative estimate of drug-likeness (QED) is 0.701. The number of hydrogen-bond acceptors (Lipinski definition) is 6. The second-order valence-electron chi connectivity index (χ2n) is 7.17. The first-order valence-corrected chi connectivity index (χ1v) is 10.9. The third kappa shape index (κ3) is 3.58. The molecule has 9 nitrogen and oxygen atoms in total. The van der Waals surface area contributed by atoms with Gasteiger partial charge in [-0.3, -0.25) is 9.10 Å². The van der Waals surface area contributed by atoms with Gasteiger partial charge in [-0.05, 0) is 78.2 Å². The van der Waals surface area contributed by atoms with Gasteiger partial charge in [-0.2, -0.15) is 0 Å². The minimum absolute atomic E-state index is 0.167. The predicted octanol–water partition coefficient (Wildman–Crippen LogP) is 1.93.